The molecule has 2 aromatic carbocycles. The van der Waals surface area contributed by atoms with E-state index in [9.17, 15) is 15.2 Å². The van der Waals surface area contributed by atoms with E-state index in [0.717, 1.165) is 0 Å². The molecular weight excluding hydrogens is 304 g/mol. The number of aromatic hydroxyl groups is 1. The summed E-state index contributed by atoms with van der Waals surface area (Å²) in [6.07, 6.45) is 0. The topological polar surface area (TPSA) is 102 Å². The Kier molecular flexibility index (Phi) is 4.17. The fraction of sp³-hybridized carbons (Fsp3) is 0. The summed E-state index contributed by atoms with van der Waals surface area (Å²) >= 11 is 0. The highest BCUT2D eigenvalue weighted by Gasteiger charge is 2.19. The van der Waals surface area contributed by atoms with Gasteiger partial charge in [0, 0.05) is 5.56 Å². The van der Waals surface area contributed by atoms with Crippen LogP contribution in [0, 0.1) is 11.3 Å². The summed E-state index contributed by atoms with van der Waals surface area (Å²) in [4.78, 5) is 14.5. The summed E-state index contributed by atoms with van der Waals surface area (Å²) in [7, 11) is 0. The highest BCUT2D eigenvalue weighted by atomic mass is 16.3. The Bertz CT molecular complexity index is 987. The molecular formula is C18H12N4O2. The van der Waals surface area contributed by atoms with Crippen molar-refractivity contribution in [3.8, 4) is 23.1 Å². The zero-order chi connectivity index (χ0) is 16.9. The van der Waals surface area contributed by atoms with Crippen LogP contribution in [-0.2, 0) is 0 Å². The molecule has 116 valence electrons. The second-order valence-corrected chi connectivity index (χ2v) is 4.91. The van der Waals surface area contributed by atoms with Gasteiger partial charge in [-0.3, -0.25) is 9.78 Å². The fourth-order valence-corrected chi connectivity index (χ4v) is 2.27. The molecule has 0 spiro atoms. The Balaban J connectivity index is 2.24. The van der Waals surface area contributed by atoms with Gasteiger partial charge in [-0.1, -0.05) is 48.5 Å². The van der Waals surface area contributed by atoms with Crippen LogP contribution in [0.3, 0.4) is 0 Å². The number of pyridine rings is 1. The van der Waals surface area contributed by atoms with Crippen molar-refractivity contribution in [2.45, 2.75) is 0 Å². The molecule has 0 bridgehead atoms. The number of hydrogen-bond acceptors (Lipinski definition) is 5. The largest absolute Gasteiger partial charge is 0.494 e. The Morgan fingerprint density at radius 3 is 2.21 bits per heavy atom. The van der Waals surface area contributed by atoms with Gasteiger partial charge in [-0.2, -0.15) is 10.4 Å². The summed E-state index contributed by atoms with van der Waals surface area (Å²) in [6, 6.07) is 19.7. The molecule has 6 heteroatoms. The van der Waals surface area contributed by atoms with Crippen LogP contribution < -0.4 is 5.56 Å². The van der Waals surface area contributed by atoms with E-state index >= 15 is 0 Å². The number of azo groups is 1. The van der Waals surface area contributed by atoms with Crippen molar-refractivity contribution in [2.24, 2.45) is 10.2 Å². The molecule has 0 radical (unpaired) electrons. The first-order chi connectivity index (χ1) is 11.7. The number of H-pyrrole nitrogens is 1. The highest BCUT2D eigenvalue weighted by molar-refractivity contribution is 5.82. The minimum absolute atomic E-state index is 0.0283. The van der Waals surface area contributed by atoms with Gasteiger partial charge in [-0.15, -0.1) is 5.11 Å². The van der Waals surface area contributed by atoms with Crippen LogP contribution in [0.1, 0.15) is 5.56 Å². The van der Waals surface area contributed by atoms with Crippen LogP contribution in [0.25, 0.3) is 11.1 Å². The highest BCUT2D eigenvalue weighted by Crippen LogP contribution is 2.34. The molecule has 0 aliphatic rings. The smallest absolute Gasteiger partial charge is 0.279 e. The van der Waals surface area contributed by atoms with Crippen molar-refractivity contribution in [2.75, 3.05) is 0 Å². The minimum atomic E-state index is -0.620. The predicted octanol–water partition coefficient (Wildman–Crippen LogP) is 4.03. The summed E-state index contributed by atoms with van der Waals surface area (Å²) in [6.45, 7) is 0. The van der Waals surface area contributed by atoms with Crippen LogP contribution in [-0.4, -0.2) is 10.1 Å². The third-order valence-corrected chi connectivity index (χ3v) is 3.37. The number of nitrogens with zero attached hydrogens (tertiary/aromatic N) is 3. The van der Waals surface area contributed by atoms with E-state index in [4.69, 9.17) is 0 Å². The monoisotopic (exact) mass is 316 g/mol. The molecule has 3 aromatic rings. The van der Waals surface area contributed by atoms with Gasteiger partial charge in [0.1, 0.15) is 11.6 Å². The predicted molar refractivity (Wildman–Crippen MR) is 89.5 cm³/mol. The molecule has 0 amide bonds. The number of nitrogens with one attached hydrogen (secondary N) is 1. The Hall–Kier alpha value is -3.72. The van der Waals surface area contributed by atoms with E-state index in [-0.39, 0.29) is 16.8 Å². The van der Waals surface area contributed by atoms with Crippen LogP contribution in [0.2, 0.25) is 0 Å². The van der Waals surface area contributed by atoms with E-state index in [1.807, 2.05) is 18.2 Å². The molecule has 0 aliphatic carbocycles. The van der Waals surface area contributed by atoms with Gasteiger partial charge in [0.2, 0.25) is 5.88 Å². The lowest BCUT2D eigenvalue weighted by Crippen LogP contribution is -2.08. The van der Waals surface area contributed by atoms with Gasteiger partial charge >= 0.3 is 0 Å². The number of nitriles is 1. The second kappa shape index (κ2) is 6.58. The normalized spacial score (nSPS) is 10.6. The van der Waals surface area contributed by atoms with E-state index < -0.39 is 11.4 Å². The van der Waals surface area contributed by atoms with Gasteiger partial charge in [0.15, 0.2) is 5.69 Å². The van der Waals surface area contributed by atoms with Crippen molar-refractivity contribution >= 4 is 11.4 Å². The Labute approximate surface area is 137 Å². The Morgan fingerprint density at radius 2 is 1.58 bits per heavy atom. The number of aromatic nitrogens is 1. The third kappa shape index (κ3) is 2.91. The zero-order valence-corrected chi connectivity index (χ0v) is 12.5. The maximum absolute atomic E-state index is 12.2. The van der Waals surface area contributed by atoms with Gasteiger partial charge in [-0.25, -0.2) is 0 Å². The number of aromatic amines is 1. The molecule has 0 saturated heterocycles. The van der Waals surface area contributed by atoms with Crippen molar-refractivity contribution in [1.29, 1.82) is 5.26 Å². The standard InChI is InChI=1S/C18H12N4O2/c19-11-14-15(12-7-3-1-4-8-12)16(18(24)20-17(14)23)22-21-13-9-5-2-6-10-13/h1-10H,(H2,20,23,24). The third-order valence-electron chi connectivity index (χ3n) is 3.37. The van der Waals surface area contributed by atoms with Crippen LogP contribution in [0.5, 0.6) is 5.88 Å². The summed E-state index contributed by atoms with van der Waals surface area (Å²) in [5, 5.41) is 27.3. The number of rotatable bonds is 3. The first-order valence-electron chi connectivity index (χ1n) is 7.12. The second-order valence-electron chi connectivity index (χ2n) is 4.91. The molecule has 2 N–H and O–H groups in total. The van der Waals surface area contributed by atoms with E-state index in [0.29, 0.717) is 11.3 Å². The van der Waals surface area contributed by atoms with Crippen molar-refractivity contribution in [3.63, 3.8) is 0 Å². The van der Waals surface area contributed by atoms with Crippen molar-refractivity contribution in [3.05, 3.63) is 76.6 Å². The lowest BCUT2D eigenvalue weighted by Gasteiger charge is -2.08. The van der Waals surface area contributed by atoms with Crippen LogP contribution in [0.15, 0.2) is 75.7 Å². The summed E-state index contributed by atoms with van der Waals surface area (Å²) in [5.41, 5.74) is 0.714. The molecule has 1 heterocycles. The maximum Gasteiger partial charge on any atom is 0.279 e. The lowest BCUT2D eigenvalue weighted by molar-refractivity contribution is 0.450. The van der Waals surface area contributed by atoms with E-state index in [2.05, 4.69) is 15.2 Å². The SMILES string of the molecule is N#Cc1c(O)[nH]c(=O)c(N=Nc2ccccc2)c1-c1ccccc1. The van der Waals surface area contributed by atoms with Crippen molar-refractivity contribution in [1.82, 2.24) is 4.98 Å². The first kappa shape index (κ1) is 15.2. The molecule has 0 aliphatic heterocycles. The average molecular weight is 316 g/mol. The maximum atomic E-state index is 12.2. The molecule has 0 unspecified atom stereocenters. The number of hydrogen-bond donors (Lipinski definition) is 2. The lowest BCUT2D eigenvalue weighted by atomic mass is 10.00. The average Bonchev–Trinajstić information content (AvgIpc) is 2.62. The summed E-state index contributed by atoms with van der Waals surface area (Å²) < 4.78 is 0. The van der Waals surface area contributed by atoms with E-state index in [1.54, 1.807) is 48.5 Å². The molecule has 0 atom stereocenters. The van der Waals surface area contributed by atoms with Crippen LogP contribution in [0.4, 0.5) is 11.4 Å². The molecule has 24 heavy (non-hydrogen) atoms. The molecule has 6 nitrogen and oxygen atoms in total. The first-order valence-corrected chi connectivity index (χ1v) is 7.12. The molecule has 3 rings (SSSR count). The van der Waals surface area contributed by atoms with Gasteiger partial charge in [-0.05, 0) is 17.7 Å². The summed E-state index contributed by atoms with van der Waals surface area (Å²) in [5.74, 6) is -0.486. The molecule has 0 saturated carbocycles. The quantitative estimate of drug-likeness (QED) is 0.713. The van der Waals surface area contributed by atoms with Crippen LogP contribution >= 0.6 is 0 Å². The van der Waals surface area contributed by atoms with Gasteiger partial charge in [0.25, 0.3) is 5.56 Å². The van der Waals surface area contributed by atoms with Crippen molar-refractivity contribution < 1.29 is 5.11 Å². The van der Waals surface area contributed by atoms with E-state index in [1.165, 1.54) is 0 Å². The zero-order valence-electron chi connectivity index (χ0n) is 12.5. The number of benzene rings is 2. The van der Waals surface area contributed by atoms with Gasteiger partial charge < -0.3 is 5.11 Å². The Morgan fingerprint density at radius 1 is 0.958 bits per heavy atom. The van der Waals surface area contributed by atoms with Gasteiger partial charge in [0.05, 0.1) is 5.69 Å². The fourth-order valence-electron chi connectivity index (χ4n) is 2.27. The molecule has 0 fully saturated rings. The minimum Gasteiger partial charge on any atom is -0.494 e. The molecule has 1 aromatic heterocycles.